The number of fused-ring (bicyclic) bond motifs is 1. The van der Waals surface area contributed by atoms with Gasteiger partial charge in [0.2, 0.25) is 0 Å². The lowest BCUT2D eigenvalue weighted by molar-refractivity contribution is 0.0972. The van der Waals surface area contributed by atoms with Gasteiger partial charge in [0.25, 0.3) is 5.91 Å². The highest BCUT2D eigenvalue weighted by Crippen LogP contribution is 2.29. The molecular formula is C17H19N3O3. The predicted octanol–water partition coefficient (Wildman–Crippen LogP) is 2.21. The Morgan fingerprint density at radius 2 is 2.13 bits per heavy atom. The maximum absolute atomic E-state index is 12.4. The van der Waals surface area contributed by atoms with E-state index in [4.69, 9.17) is 10.2 Å². The third-order valence-corrected chi connectivity index (χ3v) is 4.01. The van der Waals surface area contributed by atoms with Crippen LogP contribution < -0.4 is 16.0 Å². The summed E-state index contributed by atoms with van der Waals surface area (Å²) < 4.78 is 5.25. The van der Waals surface area contributed by atoms with Gasteiger partial charge in [0.15, 0.2) is 5.76 Å². The van der Waals surface area contributed by atoms with Crippen molar-refractivity contribution >= 4 is 17.6 Å². The average Bonchev–Trinajstić information content (AvgIpc) is 3.18. The summed E-state index contributed by atoms with van der Waals surface area (Å²) in [6.07, 6.45) is 1.85. The van der Waals surface area contributed by atoms with Crippen LogP contribution in [0.5, 0.6) is 0 Å². The lowest BCUT2D eigenvalue weighted by atomic mass is 10.1. The highest BCUT2D eigenvalue weighted by Gasteiger charge is 2.24. The molecule has 0 aliphatic carbocycles. The van der Waals surface area contributed by atoms with E-state index in [9.17, 15) is 9.59 Å². The lowest BCUT2D eigenvalue weighted by Crippen LogP contribution is -2.38. The first kappa shape index (κ1) is 15.1. The number of carbonyl (C=O) groups is 2. The minimum Gasteiger partial charge on any atom is -0.454 e. The molecule has 3 amide bonds. The monoisotopic (exact) mass is 313 g/mol. The topological polar surface area (TPSA) is 88.6 Å². The number of nitrogens with one attached hydrogen (secondary N) is 1. The summed E-state index contributed by atoms with van der Waals surface area (Å²) in [5, 5.41) is 2.80. The first-order valence-corrected chi connectivity index (χ1v) is 7.64. The standard InChI is InChI=1S/C17H19N3O3/c1-2-11-3-5-14-12(9-11)7-8-20(14)17(22)19-10-13-4-6-15(23-13)16(18)21/h3-6,9H,2,7-8,10H2,1H3,(H2,18,21)(H,19,22). The fourth-order valence-electron chi connectivity index (χ4n) is 2.75. The van der Waals surface area contributed by atoms with E-state index >= 15 is 0 Å². The molecule has 0 radical (unpaired) electrons. The first-order chi connectivity index (χ1) is 11.1. The maximum atomic E-state index is 12.4. The number of anilines is 1. The summed E-state index contributed by atoms with van der Waals surface area (Å²) >= 11 is 0. The Morgan fingerprint density at radius 3 is 2.83 bits per heavy atom. The van der Waals surface area contributed by atoms with Crippen molar-refractivity contribution in [3.05, 3.63) is 53.0 Å². The summed E-state index contributed by atoms with van der Waals surface area (Å²) in [7, 11) is 0. The fraction of sp³-hybridized carbons (Fsp3) is 0.294. The Kier molecular flexibility index (Phi) is 4.06. The molecule has 1 aromatic carbocycles. The van der Waals surface area contributed by atoms with Gasteiger partial charge in [-0.1, -0.05) is 19.1 Å². The number of benzene rings is 1. The van der Waals surface area contributed by atoms with Gasteiger partial charge in [-0.05, 0) is 42.2 Å². The van der Waals surface area contributed by atoms with E-state index < -0.39 is 5.91 Å². The normalized spacial score (nSPS) is 13.0. The molecule has 2 heterocycles. The summed E-state index contributed by atoms with van der Waals surface area (Å²) in [5.41, 5.74) is 8.57. The molecule has 0 spiro atoms. The molecule has 3 N–H and O–H groups in total. The molecule has 23 heavy (non-hydrogen) atoms. The number of rotatable bonds is 4. The Morgan fingerprint density at radius 1 is 1.30 bits per heavy atom. The Balaban J connectivity index is 1.65. The van der Waals surface area contributed by atoms with Gasteiger partial charge >= 0.3 is 6.03 Å². The van der Waals surface area contributed by atoms with Gasteiger partial charge in [-0.15, -0.1) is 0 Å². The van der Waals surface area contributed by atoms with E-state index in [-0.39, 0.29) is 18.3 Å². The highest BCUT2D eigenvalue weighted by atomic mass is 16.4. The van der Waals surface area contributed by atoms with E-state index in [2.05, 4.69) is 24.4 Å². The molecule has 0 fully saturated rings. The van der Waals surface area contributed by atoms with Gasteiger partial charge in [-0.25, -0.2) is 4.79 Å². The average molecular weight is 313 g/mol. The Bertz CT molecular complexity index is 751. The van der Waals surface area contributed by atoms with Crippen LogP contribution >= 0.6 is 0 Å². The number of nitrogens with two attached hydrogens (primary N) is 1. The van der Waals surface area contributed by atoms with Crippen molar-refractivity contribution in [2.45, 2.75) is 26.3 Å². The molecule has 6 nitrogen and oxygen atoms in total. The third-order valence-electron chi connectivity index (χ3n) is 4.01. The molecular weight excluding hydrogens is 294 g/mol. The lowest BCUT2D eigenvalue weighted by Gasteiger charge is -2.18. The number of furan rings is 1. The van der Waals surface area contributed by atoms with Crippen molar-refractivity contribution in [1.82, 2.24) is 5.32 Å². The molecule has 6 heteroatoms. The molecule has 3 rings (SSSR count). The first-order valence-electron chi connectivity index (χ1n) is 7.64. The van der Waals surface area contributed by atoms with Gasteiger partial charge < -0.3 is 15.5 Å². The van der Waals surface area contributed by atoms with E-state index in [0.29, 0.717) is 12.3 Å². The second-order valence-electron chi connectivity index (χ2n) is 5.51. The zero-order valence-corrected chi connectivity index (χ0v) is 13.0. The van der Waals surface area contributed by atoms with Gasteiger partial charge in [-0.3, -0.25) is 9.69 Å². The molecule has 0 atom stereocenters. The van der Waals surface area contributed by atoms with Crippen molar-refractivity contribution < 1.29 is 14.0 Å². The zero-order chi connectivity index (χ0) is 16.4. The van der Waals surface area contributed by atoms with E-state index in [0.717, 1.165) is 18.5 Å². The molecule has 0 saturated carbocycles. The molecule has 120 valence electrons. The van der Waals surface area contributed by atoms with Gasteiger partial charge in [0, 0.05) is 12.2 Å². The van der Waals surface area contributed by atoms with Crippen LogP contribution in [-0.4, -0.2) is 18.5 Å². The van der Waals surface area contributed by atoms with Crippen molar-refractivity contribution in [3.63, 3.8) is 0 Å². The molecule has 0 unspecified atom stereocenters. The number of carbonyl (C=O) groups excluding carboxylic acids is 2. The van der Waals surface area contributed by atoms with Crippen LogP contribution in [0.2, 0.25) is 0 Å². The van der Waals surface area contributed by atoms with Gasteiger partial charge in [0.05, 0.1) is 6.54 Å². The largest absolute Gasteiger partial charge is 0.454 e. The zero-order valence-electron chi connectivity index (χ0n) is 13.0. The van der Waals surface area contributed by atoms with Crippen molar-refractivity contribution in [1.29, 1.82) is 0 Å². The number of amides is 3. The quantitative estimate of drug-likeness (QED) is 0.907. The summed E-state index contributed by atoms with van der Waals surface area (Å²) in [4.78, 5) is 25.1. The van der Waals surface area contributed by atoms with Crippen LogP contribution in [0.1, 0.15) is 34.4 Å². The number of urea groups is 1. The number of hydrogen-bond donors (Lipinski definition) is 2. The van der Waals surface area contributed by atoms with Crippen molar-refractivity contribution in [2.75, 3.05) is 11.4 Å². The number of aryl methyl sites for hydroxylation is 1. The fourth-order valence-corrected chi connectivity index (χ4v) is 2.75. The van der Waals surface area contributed by atoms with E-state index in [1.54, 1.807) is 11.0 Å². The molecule has 0 bridgehead atoms. The molecule has 1 aliphatic heterocycles. The summed E-state index contributed by atoms with van der Waals surface area (Å²) in [6, 6.07) is 9.17. The maximum Gasteiger partial charge on any atom is 0.322 e. The number of hydrogen-bond acceptors (Lipinski definition) is 3. The Labute approximate surface area is 134 Å². The second kappa shape index (κ2) is 6.16. The highest BCUT2D eigenvalue weighted by molar-refractivity contribution is 5.94. The number of nitrogens with zero attached hydrogens (tertiary/aromatic N) is 1. The van der Waals surface area contributed by atoms with E-state index in [1.165, 1.54) is 17.2 Å². The molecule has 1 aliphatic rings. The third kappa shape index (κ3) is 3.06. The summed E-state index contributed by atoms with van der Waals surface area (Å²) in [6.45, 7) is 2.99. The van der Waals surface area contributed by atoms with Crippen LogP contribution in [-0.2, 0) is 19.4 Å². The van der Waals surface area contributed by atoms with Crippen LogP contribution in [0, 0.1) is 0 Å². The van der Waals surface area contributed by atoms with Crippen LogP contribution in [0.4, 0.5) is 10.5 Å². The van der Waals surface area contributed by atoms with Gasteiger partial charge in [-0.2, -0.15) is 0 Å². The van der Waals surface area contributed by atoms with Crippen molar-refractivity contribution in [3.8, 4) is 0 Å². The van der Waals surface area contributed by atoms with Gasteiger partial charge in [0.1, 0.15) is 5.76 Å². The molecule has 1 aromatic heterocycles. The van der Waals surface area contributed by atoms with Crippen LogP contribution in [0.15, 0.2) is 34.7 Å². The Hall–Kier alpha value is -2.76. The predicted molar refractivity (Wildman–Crippen MR) is 86.3 cm³/mol. The summed E-state index contributed by atoms with van der Waals surface area (Å²) in [5.74, 6) is -0.0384. The SMILES string of the molecule is CCc1ccc2c(c1)CCN2C(=O)NCc1ccc(C(N)=O)o1. The molecule has 2 aromatic rings. The second-order valence-corrected chi connectivity index (χ2v) is 5.51. The van der Waals surface area contributed by atoms with Crippen molar-refractivity contribution in [2.24, 2.45) is 5.73 Å². The minimum atomic E-state index is -0.622. The molecule has 0 saturated heterocycles. The van der Waals surface area contributed by atoms with Crippen LogP contribution in [0.25, 0.3) is 0 Å². The smallest absolute Gasteiger partial charge is 0.322 e. The van der Waals surface area contributed by atoms with E-state index in [1.807, 2.05) is 6.07 Å². The minimum absolute atomic E-state index is 0.0906. The van der Waals surface area contributed by atoms with Crippen LogP contribution in [0.3, 0.4) is 0 Å². The number of primary amides is 1.